The van der Waals surface area contributed by atoms with Gasteiger partial charge in [-0.3, -0.25) is 9.59 Å². The number of ether oxygens (including phenoxy) is 2. The molecule has 0 N–H and O–H groups in total. The number of benzene rings is 2. The summed E-state index contributed by atoms with van der Waals surface area (Å²) in [6.07, 6.45) is 38.4. The third kappa shape index (κ3) is 27.8. The number of carbonyl (C=O) groups excluding carboxylic acids is 2. The van der Waals surface area contributed by atoms with Crippen LogP contribution in [-0.4, -0.2) is 98.1 Å². The average Bonchev–Trinajstić information content (AvgIpc) is 3.43. The second-order valence-corrected chi connectivity index (χ2v) is 31.9. The van der Waals surface area contributed by atoms with E-state index in [0.717, 1.165) is 98.0 Å². The van der Waals surface area contributed by atoms with Gasteiger partial charge in [0.1, 0.15) is 12.2 Å². The fourth-order valence-electron chi connectivity index (χ4n) is 12.1. The summed E-state index contributed by atoms with van der Waals surface area (Å²) in [6, 6.07) is 22.7. The zero-order valence-corrected chi connectivity index (χ0v) is 53.1. The Hall–Kier alpha value is -1.43. The van der Waals surface area contributed by atoms with Crippen LogP contribution in [0.2, 0.25) is 5.04 Å². The summed E-state index contributed by atoms with van der Waals surface area (Å²) < 4.78 is 19.6. The molecule has 2 aromatic rings. The van der Waals surface area contributed by atoms with Gasteiger partial charge >= 0.3 is 11.9 Å². The van der Waals surface area contributed by atoms with Crippen LogP contribution in [0.3, 0.4) is 0 Å². The van der Waals surface area contributed by atoms with Crippen LogP contribution in [0.15, 0.2) is 60.7 Å². The van der Waals surface area contributed by atoms with E-state index < -0.39 is 8.32 Å². The Kier molecular flexibility index (Phi) is 36.7. The molecule has 2 unspecified atom stereocenters. The van der Waals surface area contributed by atoms with E-state index in [2.05, 4.69) is 107 Å². The molecule has 2 aliphatic rings. The van der Waals surface area contributed by atoms with Gasteiger partial charge in [-0.05, 0) is 110 Å². The molecule has 0 heterocycles. The molecular formula is C66H113NO5S3Si. The molecule has 0 bridgehead atoms. The number of thioether (sulfide) groups is 3. The van der Waals surface area contributed by atoms with Gasteiger partial charge in [-0.15, -0.1) is 0 Å². The summed E-state index contributed by atoms with van der Waals surface area (Å²) in [5.41, 5.74) is 0. The van der Waals surface area contributed by atoms with Crippen molar-refractivity contribution in [3.05, 3.63) is 60.7 Å². The molecule has 2 atom stereocenters. The minimum Gasteiger partial charge on any atom is -0.461 e. The monoisotopic (exact) mass is 1120 g/mol. The van der Waals surface area contributed by atoms with Gasteiger partial charge in [-0.1, -0.05) is 224 Å². The minimum absolute atomic E-state index is 0.0115. The number of carbonyl (C=O) groups is 2. The zero-order valence-electron chi connectivity index (χ0n) is 49.7. The molecule has 2 saturated carbocycles. The molecule has 0 saturated heterocycles. The Bertz CT molecular complexity index is 1620. The highest BCUT2D eigenvalue weighted by Crippen LogP contribution is 2.37. The summed E-state index contributed by atoms with van der Waals surface area (Å²) in [5.74, 6) is 7.82. The number of rotatable bonds is 44. The van der Waals surface area contributed by atoms with Crippen LogP contribution in [0.5, 0.6) is 0 Å². The number of unbranched alkanes of at least 4 members (excludes halogenated alkanes) is 10. The number of hydrogen-bond donors (Lipinski definition) is 0. The minimum atomic E-state index is -2.53. The Balaban J connectivity index is 1.24. The molecule has 0 aliphatic heterocycles. The van der Waals surface area contributed by atoms with Crippen LogP contribution < -0.4 is 10.4 Å². The first-order chi connectivity index (χ1) is 37.1. The van der Waals surface area contributed by atoms with Crippen molar-refractivity contribution in [2.45, 2.75) is 263 Å². The lowest BCUT2D eigenvalue weighted by Gasteiger charge is -2.43. The fourth-order valence-corrected chi connectivity index (χ4v) is 19.8. The highest BCUT2D eigenvalue weighted by molar-refractivity contribution is 7.99. The van der Waals surface area contributed by atoms with Gasteiger partial charge in [-0.2, -0.15) is 35.3 Å². The predicted octanol–water partition coefficient (Wildman–Crippen LogP) is 17.7. The van der Waals surface area contributed by atoms with Gasteiger partial charge in [0.2, 0.25) is 0 Å². The standard InChI is InChI=1S/C66H113NO5S3Si/c1-7-9-11-25-39-60(71-64(68)47-45-57-33-19-13-20-34-57)55-74-51-31-17-23-37-59(38-24-18-32-52-75-56-61(40-26-12-10-8-2)72-65(69)48-46-58-35-21-14-22-36-58)67(6)49-53-73-54-50-70-76(66(3,4)5,62-41-27-15-28-42-62)63-43-29-16-30-44-63/h15-16,27-30,41-44,57-61H,7-14,17-26,31-40,45-56H2,1-6H3. The summed E-state index contributed by atoms with van der Waals surface area (Å²) >= 11 is 6.07. The number of nitrogens with zero attached hydrogens (tertiary/aromatic N) is 1. The number of esters is 2. The molecule has 0 aromatic heterocycles. The van der Waals surface area contributed by atoms with Gasteiger partial charge in [-0.25, -0.2) is 0 Å². The zero-order chi connectivity index (χ0) is 54.4. The molecule has 10 heteroatoms. The lowest BCUT2D eigenvalue weighted by atomic mass is 9.86. The van der Waals surface area contributed by atoms with E-state index in [4.69, 9.17) is 13.9 Å². The van der Waals surface area contributed by atoms with Crippen molar-refractivity contribution in [2.75, 3.05) is 54.7 Å². The SMILES string of the molecule is CCCCCCC(CSCCCCCC(CCCCCSCC(CCCCCC)OC(=O)CCC1CCCCC1)N(C)CCSCCO[Si](c1ccccc1)(c1ccccc1)C(C)(C)C)OC(=O)CCC1CCCCC1. The predicted molar refractivity (Wildman–Crippen MR) is 338 cm³/mol. The van der Waals surface area contributed by atoms with E-state index in [1.807, 2.05) is 35.3 Å². The lowest BCUT2D eigenvalue weighted by molar-refractivity contribution is -0.149. The molecule has 6 nitrogen and oxygen atoms in total. The van der Waals surface area contributed by atoms with Crippen molar-refractivity contribution in [1.29, 1.82) is 0 Å². The molecule has 76 heavy (non-hydrogen) atoms. The summed E-state index contributed by atoms with van der Waals surface area (Å²) in [7, 11) is -0.151. The third-order valence-corrected chi connectivity index (χ3v) is 25.1. The molecule has 2 aromatic carbocycles. The van der Waals surface area contributed by atoms with E-state index in [1.54, 1.807) is 0 Å². The Morgan fingerprint density at radius 3 is 1.42 bits per heavy atom. The number of hydrogen-bond acceptors (Lipinski definition) is 9. The molecule has 0 amide bonds. The third-order valence-electron chi connectivity index (χ3n) is 16.8. The molecule has 2 aliphatic carbocycles. The largest absolute Gasteiger partial charge is 0.461 e. The molecule has 2 fully saturated rings. The van der Waals surface area contributed by atoms with E-state index >= 15 is 0 Å². The van der Waals surface area contributed by atoms with Crippen LogP contribution >= 0.6 is 35.3 Å². The molecule has 0 radical (unpaired) electrons. The maximum absolute atomic E-state index is 13.0. The normalized spacial score (nSPS) is 16.2. The van der Waals surface area contributed by atoms with Gasteiger partial charge in [0.15, 0.2) is 0 Å². The van der Waals surface area contributed by atoms with Crippen molar-refractivity contribution in [2.24, 2.45) is 11.8 Å². The van der Waals surface area contributed by atoms with Crippen molar-refractivity contribution < 1.29 is 23.5 Å². The van der Waals surface area contributed by atoms with E-state index in [-0.39, 0.29) is 29.2 Å². The molecule has 0 spiro atoms. The second kappa shape index (κ2) is 41.5. The lowest BCUT2D eigenvalue weighted by Crippen LogP contribution is -2.66. The Morgan fingerprint density at radius 1 is 0.553 bits per heavy atom. The van der Waals surface area contributed by atoms with Crippen LogP contribution in [0, 0.1) is 11.8 Å². The first-order valence-corrected chi connectivity index (χ1v) is 37.0. The maximum Gasteiger partial charge on any atom is 0.306 e. The average molecular weight is 1120 g/mol. The van der Waals surface area contributed by atoms with Crippen LogP contribution in [0.4, 0.5) is 0 Å². The van der Waals surface area contributed by atoms with Gasteiger partial charge in [0.05, 0.1) is 0 Å². The highest BCUT2D eigenvalue weighted by Gasteiger charge is 2.50. The maximum atomic E-state index is 13.0. The van der Waals surface area contributed by atoms with Gasteiger partial charge in [0, 0.05) is 55.0 Å². The van der Waals surface area contributed by atoms with E-state index in [9.17, 15) is 9.59 Å². The van der Waals surface area contributed by atoms with Crippen LogP contribution in [-0.2, 0) is 23.5 Å². The van der Waals surface area contributed by atoms with Gasteiger partial charge in [0.25, 0.3) is 8.32 Å². The van der Waals surface area contributed by atoms with Crippen LogP contribution in [0.1, 0.15) is 240 Å². The molecule has 434 valence electrons. The molecule has 4 rings (SSSR count). The summed E-state index contributed by atoms with van der Waals surface area (Å²) in [6.45, 7) is 13.5. The smallest absolute Gasteiger partial charge is 0.306 e. The first-order valence-electron chi connectivity index (χ1n) is 31.6. The van der Waals surface area contributed by atoms with Gasteiger partial charge < -0.3 is 18.8 Å². The van der Waals surface area contributed by atoms with E-state index in [1.165, 1.54) is 164 Å². The summed E-state index contributed by atoms with van der Waals surface area (Å²) in [4.78, 5) is 28.7. The first kappa shape index (κ1) is 67.1. The van der Waals surface area contributed by atoms with Crippen molar-refractivity contribution in [3.63, 3.8) is 0 Å². The quantitative estimate of drug-likeness (QED) is 0.0367. The fraction of sp³-hybridized carbons (Fsp3) is 0.788. The topological polar surface area (TPSA) is 65.1 Å². The highest BCUT2D eigenvalue weighted by atomic mass is 32.2. The van der Waals surface area contributed by atoms with Crippen molar-refractivity contribution in [1.82, 2.24) is 4.90 Å². The summed E-state index contributed by atoms with van der Waals surface area (Å²) in [5, 5.41) is 2.69. The Morgan fingerprint density at radius 2 is 0.987 bits per heavy atom. The molecular weight excluding hydrogens is 1010 g/mol. The van der Waals surface area contributed by atoms with Crippen molar-refractivity contribution >= 4 is 65.9 Å². The second-order valence-electron chi connectivity index (χ2n) is 24.1. The van der Waals surface area contributed by atoms with Crippen molar-refractivity contribution in [3.8, 4) is 0 Å². The van der Waals surface area contributed by atoms with E-state index in [0.29, 0.717) is 18.9 Å². The van der Waals surface area contributed by atoms with Crippen LogP contribution in [0.25, 0.3) is 0 Å². The Labute approximate surface area is 481 Å².